The summed E-state index contributed by atoms with van der Waals surface area (Å²) in [6, 6.07) is 6.17. The Bertz CT molecular complexity index is 374. The molecule has 0 aliphatic rings. The molecule has 0 heterocycles. The third-order valence-electron chi connectivity index (χ3n) is 2.41. The average Bonchev–Trinajstić information content (AvgIpc) is 2.19. The van der Waals surface area contributed by atoms with Crippen LogP contribution in [0.3, 0.4) is 0 Å². The molecule has 88 valence electrons. The zero-order chi connectivity index (χ0) is 12.2. The summed E-state index contributed by atoms with van der Waals surface area (Å²) in [5.74, 6) is -1.34. The largest absolute Gasteiger partial charge is 0.481 e. The molecule has 0 aliphatic heterocycles. The van der Waals surface area contributed by atoms with Gasteiger partial charge >= 0.3 is 5.97 Å². The lowest BCUT2D eigenvalue weighted by atomic mass is 9.92. The predicted octanol–water partition coefficient (Wildman–Crippen LogP) is 1.98. The van der Waals surface area contributed by atoms with Crippen molar-refractivity contribution in [3.8, 4) is 0 Å². The Morgan fingerprint density at radius 3 is 2.62 bits per heavy atom. The van der Waals surface area contributed by atoms with Crippen molar-refractivity contribution < 1.29 is 19.4 Å². The predicted molar refractivity (Wildman–Crippen MR) is 57.6 cm³/mol. The lowest BCUT2D eigenvalue weighted by molar-refractivity contribution is -0.138. The molecule has 1 unspecified atom stereocenters. The van der Waals surface area contributed by atoms with Gasteiger partial charge in [0.05, 0.1) is 5.60 Å². The van der Waals surface area contributed by atoms with Crippen LogP contribution in [0.5, 0.6) is 0 Å². The first-order valence-electron chi connectivity index (χ1n) is 5.08. The Kier molecular flexibility index (Phi) is 4.01. The summed E-state index contributed by atoms with van der Waals surface area (Å²) < 4.78 is 13.3. The molecule has 0 bridgehead atoms. The molecule has 16 heavy (non-hydrogen) atoms. The fourth-order valence-electron chi connectivity index (χ4n) is 1.52. The summed E-state index contributed by atoms with van der Waals surface area (Å²) >= 11 is 0. The van der Waals surface area contributed by atoms with E-state index in [-0.39, 0.29) is 25.1 Å². The highest BCUT2D eigenvalue weighted by molar-refractivity contribution is 5.66. The second kappa shape index (κ2) is 5.07. The number of carboxylic acids is 1. The van der Waals surface area contributed by atoms with Gasteiger partial charge in [0.1, 0.15) is 5.82 Å². The molecule has 0 radical (unpaired) electrons. The average molecular weight is 226 g/mol. The van der Waals surface area contributed by atoms with Crippen LogP contribution >= 0.6 is 0 Å². The Morgan fingerprint density at radius 2 is 2.06 bits per heavy atom. The Labute approximate surface area is 93.5 Å². The van der Waals surface area contributed by atoms with Crippen molar-refractivity contribution in [2.75, 3.05) is 0 Å². The van der Waals surface area contributed by atoms with Crippen LogP contribution in [0.4, 0.5) is 4.39 Å². The minimum absolute atomic E-state index is 0.108. The first-order chi connectivity index (χ1) is 7.41. The van der Waals surface area contributed by atoms with Crippen molar-refractivity contribution in [3.05, 3.63) is 35.6 Å². The molecule has 0 aliphatic carbocycles. The summed E-state index contributed by atoms with van der Waals surface area (Å²) in [6.07, 6.45) is 0.102. The SMILES string of the molecule is CC(O)(CCC(=O)O)Cc1ccccc1F. The van der Waals surface area contributed by atoms with Crippen LogP contribution in [-0.4, -0.2) is 21.8 Å². The molecule has 0 fully saturated rings. The summed E-state index contributed by atoms with van der Waals surface area (Å²) in [6.45, 7) is 1.52. The van der Waals surface area contributed by atoms with Crippen LogP contribution in [0.2, 0.25) is 0 Å². The molecule has 0 saturated carbocycles. The van der Waals surface area contributed by atoms with Gasteiger partial charge in [0, 0.05) is 12.8 Å². The molecule has 2 N–H and O–H groups in total. The van der Waals surface area contributed by atoms with Crippen molar-refractivity contribution in [2.45, 2.75) is 31.8 Å². The molecule has 1 aromatic rings. The molecular weight excluding hydrogens is 211 g/mol. The molecule has 4 heteroatoms. The highest BCUT2D eigenvalue weighted by Crippen LogP contribution is 2.20. The Hall–Kier alpha value is -1.42. The number of benzene rings is 1. The third kappa shape index (κ3) is 3.98. The summed E-state index contributed by atoms with van der Waals surface area (Å²) in [5, 5.41) is 18.4. The van der Waals surface area contributed by atoms with E-state index in [0.29, 0.717) is 5.56 Å². The second-order valence-corrected chi connectivity index (χ2v) is 4.16. The molecular formula is C12H15FO3. The van der Waals surface area contributed by atoms with Gasteiger partial charge in [0.15, 0.2) is 0 Å². The Morgan fingerprint density at radius 1 is 1.44 bits per heavy atom. The highest BCUT2D eigenvalue weighted by atomic mass is 19.1. The van der Waals surface area contributed by atoms with Crippen LogP contribution in [0.25, 0.3) is 0 Å². The van der Waals surface area contributed by atoms with Gasteiger partial charge in [0.2, 0.25) is 0 Å². The van der Waals surface area contributed by atoms with Crippen LogP contribution < -0.4 is 0 Å². The van der Waals surface area contributed by atoms with Crippen molar-refractivity contribution in [1.29, 1.82) is 0 Å². The van der Waals surface area contributed by atoms with Crippen LogP contribution in [-0.2, 0) is 11.2 Å². The number of aliphatic hydroxyl groups is 1. The number of rotatable bonds is 5. The van der Waals surface area contributed by atoms with Crippen LogP contribution in [0, 0.1) is 5.82 Å². The molecule has 0 saturated heterocycles. The molecule has 1 atom stereocenters. The molecule has 0 amide bonds. The quantitative estimate of drug-likeness (QED) is 0.807. The van der Waals surface area contributed by atoms with E-state index in [1.807, 2.05) is 0 Å². The van der Waals surface area contributed by atoms with Gasteiger partial charge < -0.3 is 10.2 Å². The van der Waals surface area contributed by atoms with E-state index in [1.54, 1.807) is 18.2 Å². The number of carboxylic acid groups (broad SMARTS) is 1. The number of aliphatic carboxylic acids is 1. The van der Waals surface area contributed by atoms with E-state index in [4.69, 9.17) is 5.11 Å². The van der Waals surface area contributed by atoms with Gasteiger partial charge in [-0.25, -0.2) is 4.39 Å². The zero-order valence-electron chi connectivity index (χ0n) is 9.11. The lowest BCUT2D eigenvalue weighted by Crippen LogP contribution is -2.28. The van der Waals surface area contributed by atoms with E-state index < -0.39 is 11.6 Å². The maximum absolute atomic E-state index is 13.3. The molecule has 0 spiro atoms. The van der Waals surface area contributed by atoms with Gasteiger partial charge in [-0.3, -0.25) is 4.79 Å². The van der Waals surface area contributed by atoms with Crippen molar-refractivity contribution >= 4 is 5.97 Å². The third-order valence-corrected chi connectivity index (χ3v) is 2.41. The van der Waals surface area contributed by atoms with Crippen molar-refractivity contribution in [3.63, 3.8) is 0 Å². The lowest BCUT2D eigenvalue weighted by Gasteiger charge is -2.22. The monoisotopic (exact) mass is 226 g/mol. The summed E-state index contributed by atoms with van der Waals surface area (Å²) in [5.41, 5.74) is -0.793. The van der Waals surface area contributed by atoms with Crippen molar-refractivity contribution in [1.82, 2.24) is 0 Å². The highest BCUT2D eigenvalue weighted by Gasteiger charge is 2.23. The van der Waals surface area contributed by atoms with E-state index in [2.05, 4.69) is 0 Å². The van der Waals surface area contributed by atoms with Crippen LogP contribution in [0.1, 0.15) is 25.3 Å². The molecule has 1 rings (SSSR count). The second-order valence-electron chi connectivity index (χ2n) is 4.16. The molecule has 0 aromatic heterocycles. The van der Waals surface area contributed by atoms with E-state index >= 15 is 0 Å². The number of carbonyl (C=O) groups is 1. The fourth-order valence-corrected chi connectivity index (χ4v) is 1.52. The molecule has 3 nitrogen and oxygen atoms in total. The minimum Gasteiger partial charge on any atom is -0.481 e. The number of halogens is 1. The zero-order valence-corrected chi connectivity index (χ0v) is 9.11. The number of hydrogen-bond acceptors (Lipinski definition) is 2. The van der Waals surface area contributed by atoms with E-state index in [1.165, 1.54) is 13.0 Å². The van der Waals surface area contributed by atoms with Gasteiger partial charge in [-0.1, -0.05) is 18.2 Å². The topological polar surface area (TPSA) is 57.5 Å². The smallest absolute Gasteiger partial charge is 0.303 e. The van der Waals surface area contributed by atoms with Gasteiger partial charge in [-0.15, -0.1) is 0 Å². The van der Waals surface area contributed by atoms with E-state index in [0.717, 1.165) is 0 Å². The standard InChI is InChI=1S/C12H15FO3/c1-12(16,7-6-11(14)15)8-9-4-2-3-5-10(9)13/h2-5,16H,6-8H2,1H3,(H,14,15). The Balaban J connectivity index is 2.65. The normalized spacial score (nSPS) is 14.4. The summed E-state index contributed by atoms with van der Waals surface area (Å²) in [7, 11) is 0. The van der Waals surface area contributed by atoms with Gasteiger partial charge in [0.25, 0.3) is 0 Å². The maximum atomic E-state index is 13.3. The van der Waals surface area contributed by atoms with Gasteiger partial charge in [-0.2, -0.15) is 0 Å². The molecule has 1 aromatic carbocycles. The first-order valence-corrected chi connectivity index (χ1v) is 5.08. The fraction of sp³-hybridized carbons (Fsp3) is 0.417. The summed E-state index contributed by atoms with van der Waals surface area (Å²) in [4.78, 5) is 10.4. The van der Waals surface area contributed by atoms with E-state index in [9.17, 15) is 14.3 Å². The first kappa shape index (κ1) is 12.6. The maximum Gasteiger partial charge on any atom is 0.303 e. The number of hydrogen-bond donors (Lipinski definition) is 2. The van der Waals surface area contributed by atoms with Crippen LogP contribution in [0.15, 0.2) is 24.3 Å². The minimum atomic E-state index is -1.19. The van der Waals surface area contributed by atoms with Gasteiger partial charge in [-0.05, 0) is 25.0 Å². The van der Waals surface area contributed by atoms with Crippen molar-refractivity contribution in [2.24, 2.45) is 0 Å².